The molecular weight excluding hydrogens is 338 g/mol. The first-order valence-corrected chi connectivity index (χ1v) is 9.68. The Morgan fingerprint density at radius 3 is 2.35 bits per heavy atom. The number of primary sulfonamides is 1. The van der Waals surface area contributed by atoms with E-state index in [0.29, 0.717) is 37.5 Å². The molecule has 6 nitrogen and oxygen atoms in total. The minimum Gasteiger partial charge on any atom is -0.310 e. The van der Waals surface area contributed by atoms with Crippen molar-refractivity contribution in [3.8, 4) is 0 Å². The summed E-state index contributed by atoms with van der Waals surface area (Å²) in [6.45, 7) is 1.78. The van der Waals surface area contributed by atoms with Crippen LogP contribution < -0.4 is 10.0 Å². The van der Waals surface area contributed by atoms with E-state index in [2.05, 4.69) is 4.90 Å². The number of benzene rings is 1. The van der Waals surface area contributed by atoms with Crippen molar-refractivity contribution in [3.05, 3.63) is 29.3 Å². The van der Waals surface area contributed by atoms with Crippen LogP contribution in [0.25, 0.3) is 0 Å². The van der Waals surface area contributed by atoms with Gasteiger partial charge in [-0.25, -0.2) is 13.6 Å². The Balaban J connectivity index is 1.68. The van der Waals surface area contributed by atoms with E-state index in [0.717, 1.165) is 12.1 Å². The molecular formula is C15H20ClN3O3S. The molecule has 0 aromatic heterocycles. The number of nitrogens with two attached hydrogens (primary N) is 1. The van der Waals surface area contributed by atoms with Gasteiger partial charge in [-0.05, 0) is 31.4 Å². The number of piperidine rings is 1. The van der Waals surface area contributed by atoms with Crippen LogP contribution in [-0.4, -0.2) is 50.2 Å². The third-order valence-electron chi connectivity index (χ3n) is 4.70. The minimum absolute atomic E-state index is 0.0344. The van der Waals surface area contributed by atoms with Crippen LogP contribution in [-0.2, 0) is 14.8 Å². The number of para-hydroxylation sites is 1. The molecule has 2 fully saturated rings. The summed E-state index contributed by atoms with van der Waals surface area (Å²) in [5.74, 6) is 0.0344. The maximum atomic E-state index is 12.7. The Morgan fingerprint density at radius 1 is 1.09 bits per heavy atom. The monoisotopic (exact) mass is 357 g/mol. The van der Waals surface area contributed by atoms with Crippen LogP contribution in [0.5, 0.6) is 0 Å². The number of carbonyl (C=O) groups is 1. The van der Waals surface area contributed by atoms with Gasteiger partial charge in [0.2, 0.25) is 15.9 Å². The number of hydrogen-bond donors (Lipinski definition) is 1. The highest BCUT2D eigenvalue weighted by molar-refractivity contribution is 7.89. The van der Waals surface area contributed by atoms with Gasteiger partial charge in [-0.3, -0.25) is 9.69 Å². The lowest BCUT2D eigenvalue weighted by Crippen LogP contribution is -2.48. The first-order valence-electron chi connectivity index (χ1n) is 7.69. The van der Waals surface area contributed by atoms with Crippen molar-refractivity contribution in [1.82, 2.24) is 4.90 Å². The zero-order valence-electron chi connectivity index (χ0n) is 12.7. The molecule has 1 aromatic rings. The summed E-state index contributed by atoms with van der Waals surface area (Å²) >= 11 is 6.18. The van der Waals surface area contributed by atoms with Crippen molar-refractivity contribution >= 4 is 33.2 Å². The van der Waals surface area contributed by atoms with Gasteiger partial charge in [0.25, 0.3) is 0 Å². The highest BCUT2D eigenvalue weighted by atomic mass is 35.5. The molecule has 0 saturated carbocycles. The van der Waals surface area contributed by atoms with Gasteiger partial charge in [-0.1, -0.05) is 23.7 Å². The van der Waals surface area contributed by atoms with Crippen molar-refractivity contribution in [1.29, 1.82) is 0 Å². The fourth-order valence-corrected chi connectivity index (χ4v) is 4.54. The van der Waals surface area contributed by atoms with Gasteiger partial charge in [-0.15, -0.1) is 0 Å². The van der Waals surface area contributed by atoms with E-state index in [4.69, 9.17) is 16.7 Å². The van der Waals surface area contributed by atoms with E-state index in [1.807, 2.05) is 18.2 Å². The fraction of sp³-hybridized carbons (Fsp3) is 0.533. The Morgan fingerprint density at radius 2 is 1.74 bits per heavy atom. The minimum atomic E-state index is -3.49. The highest BCUT2D eigenvalue weighted by Gasteiger charge is 2.39. The first-order chi connectivity index (χ1) is 10.9. The summed E-state index contributed by atoms with van der Waals surface area (Å²) in [4.78, 5) is 16.5. The molecule has 3 rings (SSSR count). The second kappa shape index (κ2) is 6.39. The predicted molar refractivity (Wildman–Crippen MR) is 89.9 cm³/mol. The van der Waals surface area contributed by atoms with Crippen LogP contribution >= 0.6 is 11.6 Å². The highest BCUT2D eigenvalue weighted by Crippen LogP contribution is 2.31. The van der Waals surface area contributed by atoms with Crippen molar-refractivity contribution in [3.63, 3.8) is 0 Å². The van der Waals surface area contributed by atoms with Crippen LogP contribution in [0.1, 0.15) is 19.3 Å². The lowest BCUT2D eigenvalue weighted by Gasteiger charge is -2.34. The van der Waals surface area contributed by atoms with E-state index in [1.54, 1.807) is 11.0 Å². The summed E-state index contributed by atoms with van der Waals surface area (Å²) in [6, 6.07) is 7.11. The lowest BCUT2D eigenvalue weighted by molar-refractivity contribution is -0.121. The molecule has 2 aliphatic heterocycles. The number of hydrogen-bond acceptors (Lipinski definition) is 4. The van der Waals surface area contributed by atoms with Crippen molar-refractivity contribution in [2.24, 2.45) is 5.14 Å². The average Bonchev–Trinajstić information content (AvgIpc) is 2.89. The van der Waals surface area contributed by atoms with Gasteiger partial charge < -0.3 is 4.90 Å². The third-order valence-corrected chi connectivity index (χ3v) is 6.42. The van der Waals surface area contributed by atoms with E-state index >= 15 is 0 Å². The van der Waals surface area contributed by atoms with Gasteiger partial charge in [-0.2, -0.15) is 0 Å². The van der Waals surface area contributed by atoms with E-state index in [1.165, 1.54) is 0 Å². The molecule has 2 heterocycles. The predicted octanol–water partition coefficient (Wildman–Crippen LogP) is 1.20. The van der Waals surface area contributed by atoms with Gasteiger partial charge in [0, 0.05) is 19.6 Å². The summed E-state index contributed by atoms with van der Waals surface area (Å²) in [5.41, 5.74) is 0.737. The molecule has 1 atom stereocenters. The average molecular weight is 358 g/mol. The number of anilines is 1. The van der Waals surface area contributed by atoms with Gasteiger partial charge >= 0.3 is 0 Å². The number of carbonyl (C=O) groups excluding carboxylic acids is 1. The lowest BCUT2D eigenvalue weighted by atomic mass is 10.1. The summed E-state index contributed by atoms with van der Waals surface area (Å²) < 4.78 is 22.8. The molecule has 2 saturated heterocycles. The number of sulfonamides is 1. The summed E-state index contributed by atoms with van der Waals surface area (Å²) in [7, 11) is -3.49. The topological polar surface area (TPSA) is 83.7 Å². The Hall–Kier alpha value is -1.15. The molecule has 1 unspecified atom stereocenters. The number of amides is 1. The van der Waals surface area contributed by atoms with Gasteiger partial charge in [0.1, 0.15) is 0 Å². The molecule has 1 amide bonds. The Bertz CT molecular complexity index is 702. The van der Waals surface area contributed by atoms with Crippen LogP contribution in [0.4, 0.5) is 5.69 Å². The fourth-order valence-electron chi connectivity index (χ4n) is 3.43. The van der Waals surface area contributed by atoms with E-state index in [9.17, 15) is 13.2 Å². The van der Waals surface area contributed by atoms with E-state index in [-0.39, 0.29) is 11.9 Å². The second-order valence-electron chi connectivity index (χ2n) is 6.07. The number of nitrogens with zero attached hydrogens (tertiary/aromatic N) is 2. The maximum absolute atomic E-state index is 12.7. The van der Waals surface area contributed by atoms with Crippen LogP contribution in [0, 0.1) is 0 Å². The molecule has 2 N–H and O–H groups in total. The zero-order valence-corrected chi connectivity index (χ0v) is 14.3. The Labute approximate surface area is 141 Å². The van der Waals surface area contributed by atoms with Crippen LogP contribution in [0.15, 0.2) is 24.3 Å². The quantitative estimate of drug-likeness (QED) is 0.881. The summed E-state index contributed by atoms with van der Waals surface area (Å²) in [5, 5.41) is 5.29. The van der Waals surface area contributed by atoms with Crippen LogP contribution in [0.3, 0.4) is 0 Å². The van der Waals surface area contributed by atoms with Crippen LogP contribution in [0.2, 0.25) is 5.02 Å². The van der Waals surface area contributed by atoms with E-state index < -0.39 is 15.3 Å². The third kappa shape index (κ3) is 3.38. The Kier molecular flexibility index (Phi) is 4.64. The number of halogens is 1. The van der Waals surface area contributed by atoms with Gasteiger partial charge in [0.05, 0.1) is 22.0 Å². The summed E-state index contributed by atoms with van der Waals surface area (Å²) in [6.07, 6.45) is 1.69. The molecule has 126 valence electrons. The zero-order chi connectivity index (χ0) is 16.6. The molecule has 2 aliphatic rings. The molecule has 23 heavy (non-hydrogen) atoms. The second-order valence-corrected chi connectivity index (χ2v) is 8.32. The van der Waals surface area contributed by atoms with Crippen molar-refractivity contribution in [2.75, 3.05) is 24.5 Å². The standard InChI is InChI=1S/C15H20ClN3O3S/c16-12-3-1-2-4-13(12)19-10-7-14(15(19)20)18-8-5-11(6-9-18)23(17,21)22/h1-4,11,14H,5-10H2,(H2,17,21,22). The van der Waals surface area contributed by atoms with Crippen molar-refractivity contribution in [2.45, 2.75) is 30.6 Å². The molecule has 0 radical (unpaired) electrons. The molecule has 8 heteroatoms. The molecule has 1 aromatic carbocycles. The maximum Gasteiger partial charge on any atom is 0.244 e. The normalized spacial score (nSPS) is 24.3. The molecule has 0 spiro atoms. The smallest absolute Gasteiger partial charge is 0.244 e. The number of likely N-dealkylation sites (tertiary alicyclic amines) is 1. The largest absolute Gasteiger partial charge is 0.310 e. The first kappa shape index (κ1) is 16.7. The SMILES string of the molecule is NS(=O)(=O)C1CCN(C2CCN(c3ccccc3Cl)C2=O)CC1. The van der Waals surface area contributed by atoms with Gasteiger partial charge in [0.15, 0.2) is 0 Å². The molecule has 0 aliphatic carbocycles. The van der Waals surface area contributed by atoms with Crippen molar-refractivity contribution < 1.29 is 13.2 Å². The molecule has 0 bridgehead atoms. The number of rotatable bonds is 3.